The van der Waals surface area contributed by atoms with Crippen molar-refractivity contribution >= 4 is 15.9 Å². The van der Waals surface area contributed by atoms with Crippen LogP contribution in [-0.4, -0.2) is 6.54 Å². The Morgan fingerprint density at radius 2 is 1.85 bits per heavy atom. The fourth-order valence-electron chi connectivity index (χ4n) is 2.25. The molecule has 1 unspecified atom stereocenters. The molecule has 0 heterocycles. The third-order valence-corrected chi connectivity index (χ3v) is 4.22. The molecule has 106 valence electrons. The van der Waals surface area contributed by atoms with E-state index in [2.05, 4.69) is 48.8 Å². The number of hydrogen-bond acceptors (Lipinski definition) is 2. The van der Waals surface area contributed by atoms with E-state index in [1.807, 2.05) is 24.3 Å². The minimum atomic E-state index is -0.148. The summed E-state index contributed by atoms with van der Waals surface area (Å²) < 4.78 is 7.19. The summed E-state index contributed by atoms with van der Waals surface area (Å²) in [6.07, 6.45) is -0.148. The lowest BCUT2D eigenvalue weighted by atomic mass is 10.0. The smallest absolute Gasteiger partial charge is 0.137 e. The molecule has 0 amide bonds. The Hall–Kier alpha value is -1.32. The molecule has 3 heteroatoms. The van der Waals surface area contributed by atoms with Crippen molar-refractivity contribution in [1.82, 2.24) is 0 Å². The molecule has 0 saturated heterocycles. The Kier molecular flexibility index (Phi) is 4.84. The first-order valence-electron chi connectivity index (χ1n) is 6.72. The third-order valence-electron chi connectivity index (χ3n) is 3.50. The first kappa shape index (κ1) is 15.1. The van der Waals surface area contributed by atoms with Crippen LogP contribution in [0, 0.1) is 20.8 Å². The highest BCUT2D eigenvalue weighted by Gasteiger charge is 2.16. The predicted molar refractivity (Wildman–Crippen MR) is 87.2 cm³/mol. The van der Waals surface area contributed by atoms with Crippen molar-refractivity contribution in [1.29, 1.82) is 0 Å². The Labute approximate surface area is 129 Å². The maximum atomic E-state index is 6.17. The lowest BCUT2D eigenvalue weighted by Crippen LogP contribution is -2.19. The first-order valence-corrected chi connectivity index (χ1v) is 7.51. The molecule has 2 rings (SSSR count). The van der Waals surface area contributed by atoms with Crippen LogP contribution in [0.5, 0.6) is 5.75 Å². The Morgan fingerprint density at radius 3 is 2.50 bits per heavy atom. The molecule has 0 aliphatic rings. The molecule has 0 saturated carbocycles. The number of aryl methyl sites for hydroxylation is 2. The highest BCUT2D eigenvalue weighted by molar-refractivity contribution is 9.10. The highest BCUT2D eigenvalue weighted by Crippen LogP contribution is 2.30. The molecule has 0 aliphatic heterocycles. The van der Waals surface area contributed by atoms with E-state index in [0.717, 1.165) is 15.8 Å². The lowest BCUT2D eigenvalue weighted by molar-refractivity contribution is 0.212. The van der Waals surface area contributed by atoms with Gasteiger partial charge in [-0.15, -0.1) is 0 Å². The second-order valence-electron chi connectivity index (χ2n) is 5.07. The van der Waals surface area contributed by atoms with Gasteiger partial charge in [-0.1, -0.05) is 40.2 Å². The molecule has 0 bridgehead atoms. The second-order valence-corrected chi connectivity index (χ2v) is 5.92. The highest BCUT2D eigenvalue weighted by atomic mass is 79.9. The van der Waals surface area contributed by atoms with Crippen molar-refractivity contribution in [3.05, 3.63) is 63.1 Å². The normalized spacial score (nSPS) is 12.2. The molecule has 0 aromatic heterocycles. The van der Waals surface area contributed by atoms with Crippen molar-refractivity contribution in [3.8, 4) is 5.75 Å². The van der Waals surface area contributed by atoms with Gasteiger partial charge in [-0.05, 0) is 49.6 Å². The number of hydrogen-bond donors (Lipinski definition) is 1. The van der Waals surface area contributed by atoms with E-state index in [1.54, 1.807) is 0 Å². The summed E-state index contributed by atoms with van der Waals surface area (Å²) in [4.78, 5) is 0. The predicted octanol–water partition coefficient (Wildman–Crippen LogP) is 4.45. The fraction of sp³-hybridized carbons (Fsp3) is 0.294. The van der Waals surface area contributed by atoms with E-state index in [9.17, 15) is 0 Å². The summed E-state index contributed by atoms with van der Waals surface area (Å²) in [6, 6.07) is 12.3. The zero-order valence-corrected chi connectivity index (χ0v) is 13.7. The van der Waals surface area contributed by atoms with E-state index in [-0.39, 0.29) is 6.10 Å². The topological polar surface area (TPSA) is 35.2 Å². The largest absolute Gasteiger partial charge is 0.484 e. The van der Waals surface area contributed by atoms with Crippen LogP contribution in [0.25, 0.3) is 0 Å². The summed E-state index contributed by atoms with van der Waals surface area (Å²) in [5, 5.41) is 0. The van der Waals surface area contributed by atoms with Crippen LogP contribution in [0.1, 0.15) is 28.4 Å². The molecule has 2 aromatic carbocycles. The van der Waals surface area contributed by atoms with Gasteiger partial charge in [-0.2, -0.15) is 0 Å². The van der Waals surface area contributed by atoms with Crippen LogP contribution < -0.4 is 10.5 Å². The molecule has 0 radical (unpaired) electrons. The van der Waals surface area contributed by atoms with Gasteiger partial charge in [0.05, 0.1) is 0 Å². The van der Waals surface area contributed by atoms with Crippen molar-refractivity contribution in [2.75, 3.05) is 6.54 Å². The molecule has 0 spiro atoms. The number of halogens is 1. The molecule has 2 N–H and O–H groups in total. The fourth-order valence-corrected chi connectivity index (χ4v) is 2.79. The molecule has 2 aromatic rings. The summed E-state index contributed by atoms with van der Waals surface area (Å²) >= 11 is 3.56. The minimum absolute atomic E-state index is 0.148. The zero-order valence-electron chi connectivity index (χ0n) is 12.1. The van der Waals surface area contributed by atoms with Gasteiger partial charge in [-0.3, -0.25) is 0 Å². The summed E-state index contributed by atoms with van der Waals surface area (Å²) in [6.45, 7) is 6.70. The van der Waals surface area contributed by atoms with E-state index >= 15 is 0 Å². The van der Waals surface area contributed by atoms with Crippen LogP contribution in [0.3, 0.4) is 0 Å². The Bertz CT molecular complexity index is 610. The van der Waals surface area contributed by atoms with Gasteiger partial charge in [0.25, 0.3) is 0 Å². The summed E-state index contributed by atoms with van der Waals surface area (Å²) in [7, 11) is 0. The number of ether oxygens (including phenoxy) is 1. The maximum absolute atomic E-state index is 6.17. The van der Waals surface area contributed by atoms with Crippen LogP contribution in [0.2, 0.25) is 0 Å². The summed E-state index contributed by atoms with van der Waals surface area (Å²) in [5.74, 6) is 0.911. The molecular formula is C17H20BrNO. The monoisotopic (exact) mass is 333 g/mol. The van der Waals surface area contributed by atoms with Gasteiger partial charge in [-0.25, -0.2) is 0 Å². The molecule has 0 fully saturated rings. The molecular weight excluding hydrogens is 314 g/mol. The number of benzene rings is 2. The van der Waals surface area contributed by atoms with Gasteiger partial charge in [0.2, 0.25) is 0 Å². The van der Waals surface area contributed by atoms with Crippen molar-refractivity contribution < 1.29 is 4.74 Å². The maximum Gasteiger partial charge on any atom is 0.137 e. The average molecular weight is 334 g/mol. The van der Waals surface area contributed by atoms with Gasteiger partial charge in [0.1, 0.15) is 11.9 Å². The van der Waals surface area contributed by atoms with Crippen molar-refractivity contribution in [2.24, 2.45) is 5.73 Å². The van der Waals surface area contributed by atoms with Crippen molar-refractivity contribution in [3.63, 3.8) is 0 Å². The second kappa shape index (κ2) is 6.42. The Morgan fingerprint density at radius 1 is 1.15 bits per heavy atom. The van der Waals surface area contributed by atoms with Gasteiger partial charge in [0.15, 0.2) is 0 Å². The Balaban J connectivity index is 2.34. The number of rotatable bonds is 4. The minimum Gasteiger partial charge on any atom is -0.484 e. The van der Waals surface area contributed by atoms with Crippen LogP contribution in [0.15, 0.2) is 40.9 Å². The molecule has 2 nitrogen and oxygen atoms in total. The van der Waals surface area contributed by atoms with E-state index in [0.29, 0.717) is 6.54 Å². The standard InChI is InChI=1S/C17H20BrNO/c1-11-8-12(2)13(3)16(9-11)20-17(10-19)14-6-4-5-7-15(14)18/h4-9,17H,10,19H2,1-3H3. The lowest BCUT2D eigenvalue weighted by Gasteiger charge is -2.21. The van der Waals surface area contributed by atoms with Crippen LogP contribution in [0.4, 0.5) is 0 Å². The summed E-state index contributed by atoms with van der Waals surface area (Å²) in [5.41, 5.74) is 10.6. The van der Waals surface area contributed by atoms with Crippen molar-refractivity contribution in [2.45, 2.75) is 26.9 Å². The number of nitrogens with two attached hydrogens (primary N) is 1. The van der Waals surface area contributed by atoms with Crippen LogP contribution >= 0.6 is 15.9 Å². The zero-order chi connectivity index (χ0) is 14.7. The quantitative estimate of drug-likeness (QED) is 0.896. The first-order chi connectivity index (χ1) is 9.52. The molecule has 0 aliphatic carbocycles. The van der Waals surface area contributed by atoms with Crippen LogP contribution in [-0.2, 0) is 0 Å². The van der Waals surface area contributed by atoms with E-state index < -0.39 is 0 Å². The van der Waals surface area contributed by atoms with E-state index in [1.165, 1.54) is 16.7 Å². The van der Waals surface area contributed by atoms with E-state index in [4.69, 9.17) is 10.5 Å². The third kappa shape index (κ3) is 3.22. The molecule has 20 heavy (non-hydrogen) atoms. The van der Waals surface area contributed by atoms with Gasteiger partial charge < -0.3 is 10.5 Å². The molecule has 1 atom stereocenters. The van der Waals surface area contributed by atoms with Gasteiger partial charge in [0, 0.05) is 16.6 Å². The average Bonchev–Trinajstić information content (AvgIpc) is 2.42. The SMILES string of the molecule is Cc1cc(C)c(C)c(OC(CN)c2ccccc2Br)c1. The van der Waals surface area contributed by atoms with Gasteiger partial charge >= 0.3 is 0 Å².